The third-order valence-corrected chi connectivity index (χ3v) is 2.02. The molecule has 15 heavy (non-hydrogen) atoms. The number of pyridine rings is 1. The van der Waals surface area contributed by atoms with Crippen LogP contribution in [0.2, 0.25) is 0 Å². The van der Waals surface area contributed by atoms with Gasteiger partial charge in [-0.1, -0.05) is 0 Å². The Kier molecular flexibility index (Phi) is 2.00. The molecule has 0 saturated carbocycles. The van der Waals surface area contributed by atoms with Gasteiger partial charge in [0.05, 0.1) is 5.56 Å². The number of halogens is 1. The molecule has 0 atom stereocenters. The summed E-state index contributed by atoms with van der Waals surface area (Å²) in [6.07, 6.45) is 1.25. The lowest BCUT2D eigenvalue weighted by molar-refractivity contribution is 0.0696. The quantitative estimate of drug-likeness (QED) is 0.747. The first-order valence-corrected chi connectivity index (χ1v) is 4.10. The average Bonchev–Trinajstić information content (AvgIpc) is 2.19. The third kappa shape index (κ3) is 1.48. The fourth-order valence-corrected chi connectivity index (χ4v) is 1.32. The van der Waals surface area contributed by atoms with Crippen molar-refractivity contribution >= 4 is 16.9 Å². The van der Waals surface area contributed by atoms with E-state index in [1.807, 2.05) is 0 Å². The fourth-order valence-electron chi connectivity index (χ4n) is 1.32. The first kappa shape index (κ1) is 9.39. The van der Waals surface area contributed by atoms with Gasteiger partial charge in [-0.15, -0.1) is 0 Å². The lowest BCUT2D eigenvalue weighted by Crippen LogP contribution is -1.98. The predicted octanol–water partition coefficient (Wildman–Crippen LogP) is 1.78. The molecule has 0 radical (unpaired) electrons. The van der Waals surface area contributed by atoms with Gasteiger partial charge in [-0.05, 0) is 18.2 Å². The molecule has 1 aromatic carbocycles. The van der Waals surface area contributed by atoms with Gasteiger partial charge in [-0.25, -0.2) is 9.18 Å². The highest BCUT2D eigenvalue weighted by molar-refractivity contribution is 5.95. The molecule has 0 bridgehead atoms. The minimum atomic E-state index is -1.25. The molecule has 1 aromatic heterocycles. The van der Waals surface area contributed by atoms with Gasteiger partial charge in [0.1, 0.15) is 17.1 Å². The van der Waals surface area contributed by atoms with Crippen LogP contribution in [-0.4, -0.2) is 21.2 Å². The van der Waals surface area contributed by atoms with Crippen molar-refractivity contribution in [2.45, 2.75) is 0 Å². The molecule has 0 amide bonds. The first-order chi connectivity index (χ1) is 7.09. The number of hydrogen-bond acceptors (Lipinski definition) is 3. The summed E-state index contributed by atoms with van der Waals surface area (Å²) in [6.45, 7) is 0. The third-order valence-electron chi connectivity index (χ3n) is 2.02. The molecule has 0 fully saturated rings. The summed E-state index contributed by atoms with van der Waals surface area (Å²) in [5, 5.41) is 18.2. The summed E-state index contributed by atoms with van der Waals surface area (Å²) >= 11 is 0. The van der Waals surface area contributed by atoms with E-state index in [0.29, 0.717) is 0 Å². The van der Waals surface area contributed by atoms with Crippen molar-refractivity contribution in [3.8, 4) is 5.75 Å². The Balaban J connectivity index is 2.85. The Bertz CT molecular complexity index is 554. The largest absolute Gasteiger partial charge is 0.507 e. The summed E-state index contributed by atoms with van der Waals surface area (Å²) in [5.41, 5.74) is -0.261. The highest BCUT2D eigenvalue weighted by Crippen LogP contribution is 2.25. The molecule has 0 spiro atoms. The van der Waals surface area contributed by atoms with E-state index >= 15 is 0 Å². The SMILES string of the molecule is O=C(O)c1cc(F)c2nccc(O)c2c1. The lowest BCUT2D eigenvalue weighted by atomic mass is 10.1. The minimum absolute atomic E-state index is 0.0417. The van der Waals surface area contributed by atoms with Crippen LogP contribution in [-0.2, 0) is 0 Å². The van der Waals surface area contributed by atoms with E-state index in [2.05, 4.69) is 4.98 Å². The number of carboxylic acids is 1. The van der Waals surface area contributed by atoms with Crippen LogP contribution >= 0.6 is 0 Å². The molecule has 0 aliphatic heterocycles. The molecule has 4 nitrogen and oxygen atoms in total. The van der Waals surface area contributed by atoms with Crippen LogP contribution in [0.1, 0.15) is 10.4 Å². The van der Waals surface area contributed by atoms with Crippen molar-refractivity contribution < 1.29 is 19.4 Å². The molecule has 0 aliphatic carbocycles. The zero-order valence-electron chi connectivity index (χ0n) is 7.44. The number of hydrogen-bond donors (Lipinski definition) is 2. The predicted molar refractivity (Wildman–Crippen MR) is 50.3 cm³/mol. The molecule has 0 aliphatic rings. The topological polar surface area (TPSA) is 70.4 Å². The van der Waals surface area contributed by atoms with Crippen LogP contribution in [0.15, 0.2) is 24.4 Å². The number of carbonyl (C=O) groups is 1. The monoisotopic (exact) mass is 207 g/mol. The van der Waals surface area contributed by atoms with Crippen LogP contribution < -0.4 is 0 Å². The van der Waals surface area contributed by atoms with Gasteiger partial charge >= 0.3 is 5.97 Å². The van der Waals surface area contributed by atoms with E-state index in [4.69, 9.17) is 5.11 Å². The highest BCUT2D eigenvalue weighted by Gasteiger charge is 2.11. The van der Waals surface area contributed by atoms with Gasteiger partial charge in [0.2, 0.25) is 0 Å². The Morgan fingerprint density at radius 1 is 1.40 bits per heavy atom. The van der Waals surface area contributed by atoms with Crippen LogP contribution in [0, 0.1) is 5.82 Å². The molecule has 76 valence electrons. The second-order valence-corrected chi connectivity index (χ2v) is 2.99. The van der Waals surface area contributed by atoms with Crippen molar-refractivity contribution in [2.24, 2.45) is 0 Å². The zero-order valence-corrected chi connectivity index (χ0v) is 7.44. The molecule has 2 aromatic rings. The van der Waals surface area contributed by atoms with Gasteiger partial charge in [-0.3, -0.25) is 4.98 Å². The van der Waals surface area contributed by atoms with E-state index in [1.54, 1.807) is 0 Å². The number of nitrogens with zero attached hydrogens (tertiary/aromatic N) is 1. The number of aromatic nitrogens is 1. The molecular weight excluding hydrogens is 201 g/mol. The molecular formula is C10H6FNO3. The molecule has 2 rings (SSSR count). The molecule has 0 unspecified atom stereocenters. The van der Waals surface area contributed by atoms with Crippen LogP contribution in [0.5, 0.6) is 5.75 Å². The maximum atomic E-state index is 13.4. The summed E-state index contributed by atoms with van der Waals surface area (Å²) in [4.78, 5) is 14.4. The number of fused-ring (bicyclic) bond motifs is 1. The summed E-state index contributed by atoms with van der Waals surface area (Å²) < 4.78 is 13.4. The smallest absolute Gasteiger partial charge is 0.335 e. The summed E-state index contributed by atoms with van der Waals surface area (Å²) in [5.74, 6) is -2.21. The standard InChI is InChI=1S/C10H6FNO3/c11-7-4-5(10(14)15)3-6-8(13)1-2-12-9(6)7/h1-4H,(H,12,13)(H,14,15). The van der Waals surface area contributed by atoms with Crippen molar-refractivity contribution in [3.05, 3.63) is 35.8 Å². The van der Waals surface area contributed by atoms with Crippen LogP contribution in [0.25, 0.3) is 10.9 Å². The maximum absolute atomic E-state index is 13.4. The number of rotatable bonds is 1. The maximum Gasteiger partial charge on any atom is 0.335 e. The Labute approximate surface area is 83.6 Å². The van der Waals surface area contributed by atoms with Crippen LogP contribution in [0.3, 0.4) is 0 Å². The van der Waals surface area contributed by atoms with Gasteiger partial charge in [0.25, 0.3) is 0 Å². The summed E-state index contributed by atoms with van der Waals surface area (Å²) in [6, 6.07) is 3.33. The van der Waals surface area contributed by atoms with Gasteiger partial charge in [0, 0.05) is 11.6 Å². The number of aromatic carboxylic acids is 1. The van der Waals surface area contributed by atoms with Crippen molar-refractivity contribution in [1.82, 2.24) is 4.98 Å². The van der Waals surface area contributed by atoms with E-state index in [0.717, 1.165) is 6.07 Å². The normalized spacial score (nSPS) is 10.5. The first-order valence-electron chi connectivity index (χ1n) is 4.10. The van der Waals surface area contributed by atoms with E-state index in [1.165, 1.54) is 18.3 Å². The molecule has 5 heteroatoms. The number of benzene rings is 1. The van der Waals surface area contributed by atoms with Crippen molar-refractivity contribution in [3.63, 3.8) is 0 Å². The van der Waals surface area contributed by atoms with Gasteiger partial charge in [0.15, 0.2) is 0 Å². The van der Waals surface area contributed by atoms with Crippen LogP contribution in [0.4, 0.5) is 4.39 Å². The zero-order chi connectivity index (χ0) is 11.0. The Hall–Kier alpha value is -2.17. The minimum Gasteiger partial charge on any atom is -0.507 e. The molecule has 2 N–H and O–H groups in total. The Morgan fingerprint density at radius 3 is 2.80 bits per heavy atom. The highest BCUT2D eigenvalue weighted by atomic mass is 19.1. The summed E-state index contributed by atoms with van der Waals surface area (Å²) in [7, 11) is 0. The fraction of sp³-hybridized carbons (Fsp3) is 0. The number of aromatic hydroxyl groups is 1. The second kappa shape index (κ2) is 3.20. The van der Waals surface area contributed by atoms with Crippen molar-refractivity contribution in [2.75, 3.05) is 0 Å². The van der Waals surface area contributed by atoms with Gasteiger partial charge in [-0.2, -0.15) is 0 Å². The van der Waals surface area contributed by atoms with E-state index in [-0.39, 0.29) is 22.2 Å². The molecule has 0 saturated heterocycles. The second-order valence-electron chi connectivity index (χ2n) is 2.99. The van der Waals surface area contributed by atoms with E-state index < -0.39 is 11.8 Å². The lowest BCUT2D eigenvalue weighted by Gasteiger charge is -2.02. The van der Waals surface area contributed by atoms with Crippen molar-refractivity contribution in [1.29, 1.82) is 0 Å². The molecule has 1 heterocycles. The van der Waals surface area contributed by atoms with E-state index in [9.17, 15) is 14.3 Å². The number of carboxylic acid groups (broad SMARTS) is 1. The Morgan fingerprint density at radius 2 is 2.13 bits per heavy atom. The van der Waals surface area contributed by atoms with Gasteiger partial charge < -0.3 is 10.2 Å². The average molecular weight is 207 g/mol.